The number of benzene rings is 1. The molecule has 2 nitrogen and oxygen atoms in total. The Bertz CT molecular complexity index is 849. The summed E-state index contributed by atoms with van der Waals surface area (Å²) in [6, 6.07) is 9.54. The van der Waals surface area contributed by atoms with Gasteiger partial charge in [-0.3, -0.25) is 0 Å². The number of imidazole rings is 1. The summed E-state index contributed by atoms with van der Waals surface area (Å²) in [5, 5.41) is 0. The van der Waals surface area contributed by atoms with Gasteiger partial charge in [-0.2, -0.15) is 0 Å². The highest BCUT2D eigenvalue weighted by molar-refractivity contribution is 5.70. The molecule has 2 heteroatoms. The molecule has 1 aromatic carbocycles. The van der Waals surface area contributed by atoms with Gasteiger partial charge in [0.25, 0.3) is 0 Å². The number of nitrogens with one attached hydrogen (secondary N) is 1. The van der Waals surface area contributed by atoms with E-state index < -0.39 is 0 Å². The number of aromatic amines is 1. The van der Waals surface area contributed by atoms with Crippen LogP contribution >= 0.6 is 0 Å². The van der Waals surface area contributed by atoms with Crippen molar-refractivity contribution in [3.8, 4) is 0 Å². The van der Waals surface area contributed by atoms with Crippen LogP contribution < -0.4 is 4.57 Å². The number of H-pyrrole nitrogens is 1. The molecule has 1 aromatic heterocycles. The van der Waals surface area contributed by atoms with E-state index in [1.54, 1.807) is 0 Å². The molecule has 46 heavy (non-hydrogen) atoms. The average molecular weight is 638 g/mol. The van der Waals surface area contributed by atoms with Gasteiger partial charge in [0.15, 0.2) is 11.0 Å². The molecule has 2 rings (SSSR count). The largest absolute Gasteiger partial charge is 0.243 e. The van der Waals surface area contributed by atoms with E-state index in [2.05, 4.69) is 54.0 Å². The molecule has 0 saturated heterocycles. The summed E-state index contributed by atoms with van der Waals surface area (Å²) in [6.07, 6.45) is 51.2. The molecule has 0 unspecified atom stereocenters. The number of unbranched alkanes of at least 4 members (excludes halogenated alkanes) is 30. The monoisotopic (exact) mass is 638 g/mol. The number of fused-ring (bicyclic) bond motifs is 1. The number of nitrogens with zero attached hydrogens (tertiary/aromatic N) is 1. The zero-order chi connectivity index (χ0) is 32.6. The normalized spacial score (nSPS) is 11.8. The number of hydrogen-bond donors (Lipinski definition) is 1. The van der Waals surface area contributed by atoms with Crippen molar-refractivity contribution in [3.05, 3.63) is 30.6 Å². The Morgan fingerprint density at radius 3 is 1.07 bits per heavy atom. The Morgan fingerprint density at radius 1 is 0.413 bits per heavy atom. The van der Waals surface area contributed by atoms with E-state index in [4.69, 9.17) is 0 Å². The third-order valence-corrected chi connectivity index (χ3v) is 10.7. The van der Waals surface area contributed by atoms with Crippen LogP contribution in [0.1, 0.15) is 238 Å². The molecular formula is C44H81N2+. The fourth-order valence-electron chi connectivity index (χ4n) is 7.61. The van der Waals surface area contributed by atoms with Gasteiger partial charge in [-0.25, -0.2) is 9.55 Å². The maximum absolute atomic E-state index is 3.54. The highest BCUT2D eigenvalue weighted by Gasteiger charge is 2.19. The van der Waals surface area contributed by atoms with Gasteiger partial charge in [0.1, 0.15) is 6.04 Å². The van der Waals surface area contributed by atoms with Crippen molar-refractivity contribution in [2.24, 2.45) is 0 Å². The van der Waals surface area contributed by atoms with Crippen molar-refractivity contribution >= 4 is 11.0 Å². The highest BCUT2D eigenvalue weighted by Crippen LogP contribution is 2.22. The van der Waals surface area contributed by atoms with Gasteiger partial charge in [0.2, 0.25) is 6.33 Å². The minimum absolute atomic E-state index is 0.648. The minimum Gasteiger partial charge on any atom is -0.243 e. The van der Waals surface area contributed by atoms with Crippen LogP contribution in [0.4, 0.5) is 0 Å². The minimum atomic E-state index is 0.648. The third kappa shape index (κ3) is 21.5. The molecule has 266 valence electrons. The van der Waals surface area contributed by atoms with Crippen LogP contribution in [0.3, 0.4) is 0 Å². The van der Waals surface area contributed by atoms with E-state index in [-0.39, 0.29) is 0 Å². The fourth-order valence-corrected chi connectivity index (χ4v) is 7.61. The van der Waals surface area contributed by atoms with E-state index in [1.807, 2.05) is 0 Å². The number of hydrogen-bond acceptors (Lipinski definition) is 0. The summed E-state index contributed by atoms with van der Waals surface area (Å²) in [5.74, 6) is 0. The van der Waals surface area contributed by atoms with Crippen molar-refractivity contribution in [2.45, 2.75) is 238 Å². The topological polar surface area (TPSA) is 19.7 Å². The summed E-state index contributed by atoms with van der Waals surface area (Å²) in [5.41, 5.74) is 2.67. The Labute approximate surface area is 288 Å². The molecule has 0 bridgehead atoms. The molecule has 0 fully saturated rings. The first-order valence-electron chi connectivity index (χ1n) is 21.3. The molecule has 0 radical (unpaired) electrons. The van der Waals surface area contributed by atoms with Gasteiger partial charge in [-0.05, 0) is 37.8 Å². The van der Waals surface area contributed by atoms with Crippen LogP contribution in [-0.2, 0) is 0 Å². The summed E-state index contributed by atoms with van der Waals surface area (Å²) >= 11 is 0. The maximum Gasteiger partial charge on any atom is 0.242 e. The summed E-state index contributed by atoms with van der Waals surface area (Å²) in [4.78, 5) is 3.54. The first kappa shape index (κ1) is 40.9. The van der Waals surface area contributed by atoms with Gasteiger partial charge >= 0.3 is 0 Å². The van der Waals surface area contributed by atoms with Crippen LogP contribution in [0.5, 0.6) is 0 Å². The van der Waals surface area contributed by atoms with E-state index in [0.29, 0.717) is 6.04 Å². The number of aromatic nitrogens is 2. The van der Waals surface area contributed by atoms with Crippen LogP contribution in [-0.4, -0.2) is 4.98 Å². The van der Waals surface area contributed by atoms with Crippen LogP contribution in [0, 0.1) is 0 Å². The van der Waals surface area contributed by atoms with Crippen LogP contribution in [0.2, 0.25) is 0 Å². The van der Waals surface area contributed by atoms with Crippen LogP contribution in [0.15, 0.2) is 30.6 Å². The van der Waals surface area contributed by atoms with Gasteiger partial charge in [-0.15, -0.1) is 0 Å². The standard InChI is InChI=1S/C44H80N2/c1-3-5-7-9-11-13-15-17-19-21-23-25-27-29-31-33-37-42(46-41-45-43-39-35-36-40-44(43)46)38-34-32-30-28-26-24-22-20-18-16-14-12-10-8-6-4-2/h35-36,39-42H,3-34,37-38H2,1-2H3/p+1. The highest BCUT2D eigenvalue weighted by atomic mass is 15.1. The lowest BCUT2D eigenvalue weighted by molar-refractivity contribution is -0.700. The Kier molecular flexibility index (Phi) is 27.5. The summed E-state index contributed by atoms with van der Waals surface area (Å²) in [7, 11) is 0. The Hall–Kier alpha value is -1.31. The molecule has 0 atom stereocenters. The quantitative estimate of drug-likeness (QED) is 0.0573. The smallest absolute Gasteiger partial charge is 0.242 e. The Morgan fingerprint density at radius 2 is 0.717 bits per heavy atom. The van der Waals surface area contributed by atoms with E-state index in [1.165, 1.54) is 229 Å². The predicted molar refractivity (Wildman–Crippen MR) is 206 cm³/mol. The molecule has 0 aliphatic carbocycles. The molecule has 2 aromatic rings. The fraction of sp³-hybridized carbons (Fsp3) is 0.841. The van der Waals surface area contributed by atoms with Crippen molar-refractivity contribution in [1.82, 2.24) is 4.98 Å². The third-order valence-electron chi connectivity index (χ3n) is 10.7. The summed E-state index contributed by atoms with van der Waals surface area (Å²) in [6.45, 7) is 4.62. The lowest BCUT2D eigenvalue weighted by Crippen LogP contribution is -2.38. The van der Waals surface area contributed by atoms with Gasteiger partial charge in [0, 0.05) is 0 Å². The molecule has 0 saturated carbocycles. The molecule has 0 amide bonds. The van der Waals surface area contributed by atoms with Crippen molar-refractivity contribution in [3.63, 3.8) is 0 Å². The van der Waals surface area contributed by atoms with E-state index in [9.17, 15) is 0 Å². The summed E-state index contributed by atoms with van der Waals surface area (Å²) < 4.78 is 2.58. The van der Waals surface area contributed by atoms with E-state index >= 15 is 0 Å². The Balaban J connectivity index is 1.49. The van der Waals surface area contributed by atoms with Crippen molar-refractivity contribution in [2.75, 3.05) is 0 Å². The molecule has 0 spiro atoms. The van der Waals surface area contributed by atoms with Gasteiger partial charge in [-0.1, -0.05) is 219 Å². The lowest BCUT2D eigenvalue weighted by Gasteiger charge is -2.15. The molecule has 1 heterocycles. The zero-order valence-electron chi connectivity index (χ0n) is 31.5. The number of rotatable bonds is 35. The van der Waals surface area contributed by atoms with Gasteiger partial charge < -0.3 is 0 Å². The molecule has 1 N–H and O–H groups in total. The SMILES string of the molecule is CCCCCCCCCCCCCCCCCCC(CCCCCCCCCCCCCCCCCC)[n+]1c[nH]c2ccccc21. The second-order valence-electron chi connectivity index (χ2n) is 15.0. The molecule has 0 aliphatic heterocycles. The second kappa shape index (κ2) is 31.0. The van der Waals surface area contributed by atoms with Crippen LogP contribution in [0.25, 0.3) is 11.0 Å². The lowest BCUT2D eigenvalue weighted by atomic mass is 9.99. The van der Waals surface area contributed by atoms with Gasteiger partial charge in [0.05, 0.1) is 0 Å². The maximum atomic E-state index is 3.54. The first-order chi connectivity index (χ1) is 22.9. The van der Waals surface area contributed by atoms with Crippen molar-refractivity contribution < 1.29 is 4.57 Å². The van der Waals surface area contributed by atoms with Crippen molar-refractivity contribution in [1.29, 1.82) is 0 Å². The second-order valence-corrected chi connectivity index (χ2v) is 15.0. The first-order valence-corrected chi connectivity index (χ1v) is 21.3. The zero-order valence-corrected chi connectivity index (χ0v) is 31.5. The van der Waals surface area contributed by atoms with E-state index in [0.717, 1.165) is 0 Å². The number of para-hydroxylation sites is 2. The predicted octanol–water partition coefficient (Wildman–Crippen LogP) is 15.3. The average Bonchev–Trinajstić information content (AvgIpc) is 3.51. The molecule has 0 aliphatic rings. The molecular weight excluding hydrogens is 556 g/mol.